The Hall–Kier alpha value is -1.60. The third kappa shape index (κ3) is 3.10. The number of thioether (sulfide) groups is 1. The van der Waals surface area contributed by atoms with Crippen LogP contribution in [0.2, 0.25) is 0 Å². The van der Waals surface area contributed by atoms with Crippen LogP contribution in [0.3, 0.4) is 0 Å². The fraction of sp³-hybridized carbons (Fsp3) is 0.400. The van der Waals surface area contributed by atoms with Gasteiger partial charge in [-0.05, 0) is 31.9 Å². The van der Waals surface area contributed by atoms with Gasteiger partial charge in [-0.3, -0.25) is 4.79 Å². The minimum Gasteiger partial charge on any atom is -0.360 e. The molecule has 1 N–H and O–H groups in total. The second kappa shape index (κ2) is 6.66. The number of aromatic nitrogens is 2. The van der Waals surface area contributed by atoms with E-state index in [-0.39, 0.29) is 11.2 Å². The van der Waals surface area contributed by atoms with Crippen LogP contribution in [0.4, 0.5) is 10.8 Å². The minimum absolute atomic E-state index is 0.134. The van der Waals surface area contributed by atoms with Gasteiger partial charge in [0, 0.05) is 18.8 Å². The van der Waals surface area contributed by atoms with E-state index in [4.69, 9.17) is 0 Å². The number of benzene rings is 1. The number of hydrogen-bond acceptors (Lipinski definition) is 6. The summed E-state index contributed by atoms with van der Waals surface area (Å²) in [6.45, 7) is 5.54. The minimum atomic E-state index is -0.173. The van der Waals surface area contributed by atoms with Crippen molar-refractivity contribution in [3.63, 3.8) is 0 Å². The third-order valence-electron chi connectivity index (χ3n) is 3.51. The first-order valence-corrected chi connectivity index (χ1v) is 9.02. The topological polar surface area (TPSA) is 58.1 Å². The normalized spacial score (nSPS) is 14.7. The number of amides is 1. The average molecular weight is 334 g/mol. The lowest BCUT2D eigenvalue weighted by atomic mass is 10.2. The molecule has 1 aliphatic rings. The maximum Gasteiger partial charge on any atom is 0.240 e. The van der Waals surface area contributed by atoms with Crippen LogP contribution in [0.15, 0.2) is 28.6 Å². The Labute approximate surface area is 138 Å². The lowest BCUT2D eigenvalue weighted by molar-refractivity contribution is -0.117. The Balaban J connectivity index is 1.67. The molecule has 1 atom stereocenters. The molecule has 0 radical (unpaired) electrons. The third-order valence-corrected chi connectivity index (χ3v) is 5.57. The van der Waals surface area contributed by atoms with Gasteiger partial charge < -0.3 is 10.2 Å². The van der Waals surface area contributed by atoms with Gasteiger partial charge in [0.15, 0.2) is 4.34 Å². The molecule has 3 rings (SSSR count). The molecule has 2 aromatic rings. The molecule has 0 saturated heterocycles. The van der Waals surface area contributed by atoms with Gasteiger partial charge in [-0.1, -0.05) is 41.3 Å². The van der Waals surface area contributed by atoms with Crippen molar-refractivity contribution in [2.45, 2.75) is 29.9 Å². The van der Waals surface area contributed by atoms with E-state index in [1.807, 2.05) is 36.9 Å². The zero-order chi connectivity index (χ0) is 15.5. The van der Waals surface area contributed by atoms with Gasteiger partial charge in [0.1, 0.15) is 0 Å². The van der Waals surface area contributed by atoms with Gasteiger partial charge >= 0.3 is 0 Å². The first kappa shape index (κ1) is 15.3. The summed E-state index contributed by atoms with van der Waals surface area (Å²) in [6.07, 6.45) is 0.933. The monoisotopic (exact) mass is 334 g/mol. The van der Waals surface area contributed by atoms with Crippen LogP contribution in [0.1, 0.15) is 19.4 Å². The molecule has 22 heavy (non-hydrogen) atoms. The van der Waals surface area contributed by atoms with Crippen molar-refractivity contribution in [3.8, 4) is 0 Å². The lowest BCUT2D eigenvalue weighted by Gasteiger charge is -2.20. The van der Waals surface area contributed by atoms with Crippen molar-refractivity contribution in [2.75, 3.05) is 23.3 Å². The number of hydrogen-bond donors (Lipinski definition) is 1. The van der Waals surface area contributed by atoms with E-state index in [1.165, 1.54) is 28.7 Å². The van der Waals surface area contributed by atoms with Gasteiger partial charge in [-0.15, -0.1) is 10.2 Å². The summed E-state index contributed by atoms with van der Waals surface area (Å²) in [5.74, 6) is 0.134. The number of anilines is 2. The molecular weight excluding hydrogens is 316 g/mol. The van der Waals surface area contributed by atoms with Gasteiger partial charge in [-0.2, -0.15) is 0 Å². The zero-order valence-corrected chi connectivity index (χ0v) is 14.2. The van der Waals surface area contributed by atoms with Crippen LogP contribution >= 0.6 is 23.1 Å². The molecule has 5 nitrogen and oxygen atoms in total. The van der Waals surface area contributed by atoms with Crippen molar-refractivity contribution >= 4 is 39.8 Å². The molecule has 1 aromatic heterocycles. The van der Waals surface area contributed by atoms with Crippen molar-refractivity contribution in [1.82, 2.24) is 10.2 Å². The van der Waals surface area contributed by atoms with E-state index in [0.717, 1.165) is 34.7 Å². The van der Waals surface area contributed by atoms with Gasteiger partial charge in [0.05, 0.1) is 5.25 Å². The average Bonchev–Trinajstić information content (AvgIpc) is 3.13. The van der Waals surface area contributed by atoms with Crippen LogP contribution in [0.5, 0.6) is 0 Å². The second-order valence-corrected chi connectivity index (χ2v) is 7.60. The first-order chi connectivity index (χ1) is 10.7. The predicted octanol–water partition coefficient (Wildman–Crippen LogP) is 3.04. The molecule has 0 fully saturated rings. The summed E-state index contributed by atoms with van der Waals surface area (Å²) >= 11 is 2.96. The van der Waals surface area contributed by atoms with Crippen LogP contribution in [0.25, 0.3) is 0 Å². The highest BCUT2D eigenvalue weighted by molar-refractivity contribution is 8.02. The molecule has 0 unspecified atom stereocenters. The Morgan fingerprint density at radius 3 is 3.09 bits per heavy atom. The van der Waals surface area contributed by atoms with Gasteiger partial charge in [0.25, 0.3) is 0 Å². The van der Waals surface area contributed by atoms with E-state index in [0.29, 0.717) is 0 Å². The maximum atomic E-state index is 12.7. The van der Waals surface area contributed by atoms with Crippen molar-refractivity contribution in [2.24, 2.45) is 0 Å². The summed E-state index contributed by atoms with van der Waals surface area (Å²) < 4.78 is 0.823. The van der Waals surface area contributed by atoms with Gasteiger partial charge in [-0.25, -0.2) is 0 Å². The van der Waals surface area contributed by atoms with Gasteiger partial charge in [0.2, 0.25) is 11.0 Å². The van der Waals surface area contributed by atoms with E-state index < -0.39 is 0 Å². The second-order valence-electron chi connectivity index (χ2n) is 5.03. The number of nitrogens with one attached hydrogen (secondary N) is 1. The highest BCUT2D eigenvalue weighted by Crippen LogP contribution is 2.33. The SMILES string of the molecule is CCNc1nnc(S[C@H](C)C(=O)N2CCc3ccccc32)s1. The fourth-order valence-corrected chi connectivity index (χ4v) is 4.49. The fourth-order valence-electron chi connectivity index (χ4n) is 2.47. The standard InChI is InChI=1S/C15H18N4OS2/c1-3-16-14-17-18-15(22-14)21-10(2)13(20)19-9-8-11-6-4-5-7-12(11)19/h4-7,10H,3,8-9H2,1-2H3,(H,16,17)/t10-/m1/s1. The maximum absolute atomic E-state index is 12.7. The van der Waals surface area contributed by atoms with Crippen LogP contribution in [0, 0.1) is 0 Å². The lowest BCUT2D eigenvalue weighted by Crippen LogP contribution is -2.35. The van der Waals surface area contributed by atoms with E-state index in [9.17, 15) is 4.79 Å². The highest BCUT2D eigenvalue weighted by Gasteiger charge is 2.28. The summed E-state index contributed by atoms with van der Waals surface area (Å²) in [5, 5.41) is 12.0. The molecule has 1 aromatic carbocycles. The highest BCUT2D eigenvalue weighted by atomic mass is 32.2. The summed E-state index contributed by atoms with van der Waals surface area (Å²) in [4.78, 5) is 14.6. The Bertz CT molecular complexity index is 673. The van der Waals surface area contributed by atoms with Crippen LogP contribution < -0.4 is 10.2 Å². The predicted molar refractivity (Wildman–Crippen MR) is 91.9 cm³/mol. The largest absolute Gasteiger partial charge is 0.360 e. The Morgan fingerprint density at radius 2 is 2.27 bits per heavy atom. The Kier molecular flexibility index (Phi) is 4.63. The van der Waals surface area contributed by atoms with E-state index in [2.05, 4.69) is 21.6 Å². The molecule has 116 valence electrons. The first-order valence-electron chi connectivity index (χ1n) is 7.32. The summed E-state index contributed by atoms with van der Waals surface area (Å²) in [5.41, 5.74) is 2.30. The van der Waals surface area contributed by atoms with Crippen LogP contribution in [-0.2, 0) is 11.2 Å². The molecule has 1 aliphatic heterocycles. The number of carbonyl (C=O) groups excluding carboxylic acids is 1. The van der Waals surface area contributed by atoms with E-state index >= 15 is 0 Å². The Morgan fingerprint density at radius 1 is 1.45 bits per heavy atom. The summed E-state index contributed by atoms with van der Waals surface area (Å²) in [7, 11) is 0. The number of carbonyl (C=O) groups is 1. The molecular formula is C15H18N4OS2. The molecule has 0 bridgehead atoms. The van der Waals surface area contributed by atoms with E-state index in [1.54, 1.807) is 0 Å². The number of rotatable bonds is 5. The number of para-hydroxylation sites is 1. The molecule has 0 saturated carbocycles. The molecule has 2 heterocycles. The van der Waals surface area contributed by atoms with Crippen molar-refractivity contribution in [1.29, 1.82) is 0 Å². The van der Waals surface area contributed by atoms with Crippen molar-refractivity contribution < 1.29 is 4.79 Å². The smallest absolute Gasteiger partial charge is 0.240 e. The molecule has 7 heteroatoms. The quantitative estimate of drug-likeness (QED) is 0.852. The number of fused-ring (bicyclic) bond motifs is 1. The molecule has 1 amide bonds. The van der Waals surface area contributed by atoms with Crippen molar-refractivity contribution in [3.05, 3.63) is 29.8 Å². The zero-order valence-electron chi connectivity index (χ0n) is 12.6. The molecule has 0 aliphatic carbocycles. The van der Waals surface area contributed by atoms with Crippen LogP contribution in [-0.4, -0.2) is 34.4 Å². The molecule has 0 spiro atoms. The number of nitrogens with zero attached hydrogens (tertiary/aromatic N) is 3. The summed E-state index contributed by atoms with van der Waals surface area (Å²) in [6, 6.07) is 8.11.